The van der Waals surface area contributed by atoms with Gasteiger partial charge in [0.25, 0.3) is 5.91 Å². The summed E-state index contributed by atoms with van der Waals surface area (Å²) in [5.41, 5.74) is 8.42. The number of nitrogens with zero attached hydrogens (tertiary/aromatic N) is 4. The van der Waals surface area contributed by atoms with Crippen LogP contribution >= 0.6 is 23.4 Å². The summed E-state index contributed by atoms with van der Waals surface area (Å²) in [5.74, 6) is 0.645. The highest BCUT2D eigenvalue weighted by atomic mass is 35.5. The number of aromatic nitrogens is 3. The smallest absolute Gasteiger partial charge is 0.250 e. The van der Waals surface area contributed by atoms with E-state index in [0.717, 1.165) is 28.2 Å². The van der Waals surface area contributed by atoms with Crippen LogP contribution in [0.4, 0.5) is 0 Å². The van der Waals surface area contributed by atoms with E-state index in [-0.39, 0.29) is 11.7 Å². The van der Waals surface area contributed by atoms with Gasteiger partial charge in [0, 0.05) is 16.3 Å². The Morgan fingerprint density at radius 1 is 0.941 bits per heavy atom. The fourth-order valence-corrected chi connectivity index (χ4v) is 4.11. The van der Waals surface area contributed by atoms with Gasteiger partial charge >= 0.3 is 0 Å². The molecule has 1 N–H and O–H groups in total. The van der Waals surface area contributed by atoms with Gasteiger partial charge in [0.1, 0.15) is 0 Å². The summed E-state index contributed by atoms with van der Waals surface area (Å²) in [6.07, 6.45) is 0. The third-order valence-electron chi connectivity index (χ3n) is 5.18. The van der Waals surface area contributed by atoms with E-state index in [1.54, 1.807) is 12.1 Å². The van der Waals surface area contributed by atoms with Gasteiger partial charge in [0.15, 0.2) is 11.0 Å². The molecule has 0 saturated heterocycles. The van der Waals surface area contributed by atoms with Crippen LogP contribution in [0, 0.1) is 13.8 Å². The lowest BCUT2D eigenvalue weighted by molar-refractivity contribution is -0.118. The molecule has 3 aromatic carbocycles. The molecule has 1 aromatic heterocycles. The van der Waals surface area contributed by atoms with Gasteiger partial charge in [-0.05, 0) is 50.6 Å². The van der Waals surface area contributed by atoms with E-state index < -0.39 is 0 Å². The zero-order valence-corrected chi connectivity index (χ0v) is 20.7. The molecule has 34 heavy (non-hydrogen) atoms. The summed E-state index contributed by atoms with van der Waals surface area (Å²) in [4.78, 5) is 12.5. The summed E-state index contributed by atoms with van der Waals surface area (Å²) < 4.78 is 1.98. The second kappa shape index (κ2) is 10.7. The molecule has 6 nitrogen and oxygen atoms in total. The Kier molecular flexibility index (Phi) is 7.45. The number of nitrogens with one attached hydrogen (secondary N) is 1. The molecule has 4 aromatic rings. The Labute approximate surface area is 208 Å². The Bertz CT molecular complexity index is 1310. The molecule has 4 rings (SSSR count). The number of halogens is 1. The van der Waals surface area contributed by atoms with E-state index in [1.165, 1.54) is 17.3 Å². The van der Waals surface area contributed by atoms with Crippen molar-refractivity contribution in [2.45, 2.75) is 25.9 Å². The number of carbonyl (C=O) groups is 1. The largest absolute Gasteiger partial charge is 0.272 e. The molecule has 0 aliphatic carbocycles. The van der Waals surface area contributed by atoms with Gasteiger partial charge in [-0.25, -0.2) is 5.43 Å². The van der Waals surface area contributed by atoms with Gasteiger partial charge < -0.3 is 0 Å². The summed E-state index contributed by atoms with van der Waals surface area (Å²) in [5, 5.41) is 14.3. The van der Waals surface area contributed by atoms with Crippen molar-refractivity contribution in [1.29, 1.82) is 0 Å². The SMILES string of the molecule is C/C(=N\NC(=O)CSc1nnc(-c2ccc(C)cc2)n1-c1ccc(C)cc1)c1ccc(Cl)cc1. The number of hydrogen-bond acceptors (Lipinski definition) is 5. The first-order valence-corrected chi connectivity index (χ1v) is 12.1. The molecule has 0 spiro atoms. The van der Waals surface area contributed by atoms with Gasteiger partial charge in [-0.3, -0.25) is 9.36 Å². The first-order valence-electron chi connectivity index (χ1n) is 10.7. The molecule has 1 heterocycles. The van der Waals surface area contributed by atoms with Crippen LogP contribution in [0.1, 0.15) is 23.6 Å². The average Bonchev–Trinajstić information content (AvgIpc) is 3.26. The first kappa shape index (κ1) is 23.7. The molecule has 1 amide bonds. The zero-order valence-electron chi connectivity index (χ0n) is 19.1. The van der Waals surface area contributed by atoms with E-state index in [1.807, 2.05) is 86.0 Å². The molecule has 0 atom stereocenters. The summed E-state index contributed by atoms with van der Waals surface area (Å²) in [6.45, 7) is 5.92. The summed E-state index contributed by atoms with van der Waals surface area (Å²) in [6, 6.07) is 23.6. The second-order valence-electron chi connectivity index (χ2n) is 7.87. The Hall–Kier alpha value is -3.42. The van der Waals surface area contributed by atoms with Crippen molar-refractivity contribution >= 4 is 35.0 Å². The molecule has 0 aliphatic rings. The number of carbonyl (C=O) groups excluding carboxylic acids is 1. The highest BCUT2D eigenvalue weighted by molar-refractivity contribution is 7.99. The van der Waals surface area contributed by atoms with Crippen molar-refractivity contribution in [3.8, 4) is 17.1 Å². The predicted octanol–water partition coefficient (Wildman–Crippen LogP) is 5.84. The maximum atomic E-state index is 12.5. The second-order valence-corrected chi connectivity index (χ2v) is 9.25. The van der Waals surface area contributed by atoms with Crippen LogP contribution in [-0.4, -0.2) is 32.1 Å². The van der Waals surface area contributed by atoms with E-state index in [2.05, 4.69) is 20.7 Å². The molecule has 0 radical (unpaired) electrons. The number of aryl methyl sites for hydroxylation is 2. The average molecular weight is 490 g/mol. The van der Waals surface area contributed by atoms with Gasteiger partial charge in [0.2, 0.25) is 0 Å². The fourth-order valence-electron chi connectivity index (χ4n) is 3.24. The molecule has 8 heteroatoms. The van der Waals surface area contributed by atoms with Crippen LogP contribution in [0.3, 0.4) is 0 Å². The number of rotatable bonds is 7. The molecule has 0 saturated carbocycles. The number of amides is 1. The minimum Gasteiger partial charge on any atom is -0.272 e. The molecular weight excluding hydrogens is 466 g/mol. The van der Waals surface area contributed by atoms with E-state index in [9.17, 15) is 4.79 Å². The van der Waals surface area contributed by atoms with Crippen LogP contribution in [-0.2, 0) is 4.79 Å². The lowest BCUT2D eigenvalue weighted by Crippen LogP contribution is -2.21. The Morgan fingerprint density at radius 2 is 1.56 bits per heavy atom. The van der Waals surface area contributed by atoms with Gasteiger partial charge in [-0.1, -0.05) is 83.0 Å². The van der Waals surface area contributed by atoms with Crippen molar-refractivity contribution in [3.63, 3.8) is 0 Å². The number of hydrazone groups is 1. The molecule has 172 valence electrons. The van der Waals surface area contributed by atoms with Crippen molar-refractivity contribution in [2.75, 3.05) is 5.75 Å². The monoisotopic (exact) mass is 489 g/mol. The van der Waals surface area contributed by atoms with Crippen molar-refractivity contribution in [3.05, 3.63) is 94.5 Å². The van der Waals surface area contributed by atoms with Crippen LogP contribution in [0.2, 0.25) is 5.02 Å². The summed E-state index contributed by atoms with van der Waals surface area (Å²) in [7, 11) is 0. The maximum absolute atomic E-state index is 12.5. The van der Waals surface area contributed by atoms with Crippen LogP contribution in [0.15, 0.2) is 83.1 Å². The van der Waals surface area contributed by atoms with Crippen molar-refractivity contribution in [2.24, 2.45) is 5.10 Å². The predicted molar refractivity (Wildman–Crippen MR) is 139 cm³/mol. The Balaban J connectivity index is 1.52. The Morgan fingerprint density at radius 3 is 2.21 bits per heavy atom. The van der Waals surface area contributed by atoms with E-state index in [0.29, 0.717) is 15.9 Å². The minimum atomic E-state index is -0.228. The maximum Gasteiger partial charge on any atom is 0.250 e. The zero-order chi connectivity index (χ0) is 24.1. The van der Waals surface area contributed by atoms with Gasteiger partial charge in [-0.15, -0.1) is 10.2 Å². The standard InChI is InChI=1S/C26H24ClN5OS/c1-17-4-8-21(9-5-17)25-30-31-26(32(25)23-14-6-18(2)7-15-23)34-16-24(33)29-28-19(3)20-10-12-22(27)13-11-20/h4-15H,16H2,1-3H3,(H,29,33)/b28-19+. The van der Waals surface area contributed by atoms with E-state index >= 15 is 0 Å². The lowest BCUT2D eigenvalue weighted by atomic mass is 10.1. The summed E-state index contributed by atoms with van der Waals surface area (Å²) >= 11 is 7.24. The third-order valence-corrected chi connectivity index (χ3v) is 6.36. The topological polar surface area (TPSA) is 72.2 Å². The van der Waals surface area contributed by atoms with Crippen LogP contribution < -0.4 is 5.43 Å². The molecule has 0 aliphatic heterocycles. The van der Waals surface area contributed by atoms with Crippen LogP contribution in [0.25, 0.3) is 17.1 Å². The highest BCUT2D eigenvalue weighted by Crippen LogP contribution is 2.28. The highest BCUT2D eigenvalue weighted by Gasteiger charge is 2.17. The normalized spacial score (nSPS) is 11.5. The van der Waals surface area contributed by atoms with Crippen molar-refractivity contribution < 1.29 is 4.79 Å². The quantitative estimate of drug-likeness (QED) is 0.201. The molecule has 0 unspecified atom stereocenters. The fraction of sp³-hybridized carbons (Fsp3) is 0.154. The minimum absolute atomic E-state index is 0.148. The molecule has 0 bridgehead atoms. The molecular formula is C26H24ClN5OS. The van der Waals surface area contributed by atoms with Crippen molar-refractivity contribution in [1.82, 2.24) is 20.2 Å². The van der Waals surface area contributed by atoms with E-state index in [4.69, 9.17) is 11.6 Å². The van der Waals surface area contributed by atoms with Gasteiger partial charge in [-0.2, -0.15) is 5.10 Å². The number of benzene rings is 3. The lowest BCUT2D eigenvalue weighted by Gasteiger charge is -2.11. The van der Waals surface area contributed by atoms with Gasteiger partial charge in [0.05, 0.1) is 11.5 Å². The third kappa shape index (κ3) is 5.73. The van der Waals surface area contributed by atoms with Crippen LogP contribution in [0.5, 0.6) is 0 Å². The number of hydrogen-bond donors (Lipinski definition) is 1. The number of thioether (sulfide) groups is 1. The first-order chi connectivity index (χ1) is 16.4. The molecule has 0 fully saturated rings.